The molecular formula is C15H24N4O2. The molecule has 1 fully saturated rings. The van der Waals surface area contributed by atoms with Gasteiger partial charge in [0.2, 0.25) is 5.82 Å². The fourth-order valence-corrected chi connectivity index (χ4v) is 2.57. The van der Waals surface area contributed by atoms with Crippen molar-refractivity contribution in [3.05, 3.63) is 18.1 Å². The number of aromatic nitrogens is 2. The van der Waals surface area contributed by atoms with E-state index in [2.05, 4.69) is 31.8 Å². The van der Waals surface area contributed by atoms with Crippen molar-refractivity contribution in [2.45, 2.75) is 26.2 Å². The lowest BCUT2D eigenvalue weighted by Crippen LogP contribution is -2.35. The number of hydrogen-bond acceptors (Lipinski definition) is 6. The van der Waals surface area contributed by atoms with Crippen LogP contribution in [0.4, 0.5) is 5.82 Å². The van der Waals surface area contributed by atoms with E-state index in [1.54, 1.807) is 12.3 Å². The van der Waals surface area contributed by atoms with E-state index in [0.717, 1.165) is 13.1 Å². The number of piperidine rings is 1. The highest BCUT2D eigenvalue weighted by atomic mass is 16.5. The molecule has 1 N–H and O–H groups in total. The monoisotopic (exact) mass is 292 g/mol. The van der Waals surface area contributed by atoms with E-state index in [1.807, 2.05) is 0 Å². The molecule has 6 heteroatoms. The molecule has 1 unspecified atom stereocenters. The van der Waals surface area contributed by atoms with Crippen molar-refractivity contribution in [2.24, 2.45) is 5.92 Å². The number of carbonyl (C=O) groups is 1. The van der Waals surface area contributed by atoms with Crippen LogP contribution in [-0.2, 0) is 4.74 Å². The minimum atomic E-state index is -0.514. The van der Waals surface area contributed by atoms with Crippen LogP contribution in [0.15, 0.2) is 12.3 Å². The minimum absolute atomic E-state index is 0.0891. The van der Waals surface area contributed by atoms with E-state index >= 15 is 0 Å². The first kappa shape index (κ1) is 15.7. The number of hydrogen-bond donors (Lipinski definition) is 1. The van der Waals surface area contributed by atoms with Gasteiger partial charge in [-0.05, 0) is 37.9 Å². The van der Waals surface area contributed by atoms with Crippen molar-refractivity contribution in [1.82, 2.24) is 14.9 Å². The van der Waals surface area contributed by atoms with Crippen LogP contribution in [0, 0.1) is 5.92 Å². The molecule has 6 nitrogen and oxygen atoms in total. The van der Waals surface area contributed by atoms with Gasteiger partial charge in [-0.25, -0.2) is 14.8 Å². The number of nitrogens with zero attached hydrogens (tertiary/aromatic N) is 3. The maximum absolute atomic E-state index is 11.4. The first-order valence-corrected chi connectivity index (χ1v) is 7.56. The number of nitrogens with one attached hydrogen (secondary N) is 1. The summed E-state index contributed by atoms with van der Waals surface area (Å²) >= 11 is 0. The van der Waals surface area contributed by atoms with Gasteiger partial charge in [0, 0.05) is 19.3 Å². The van der Waals surface area contributed by atoms with Crippen molar-refractivity contribution in [1.29, 1.82) is 0 Å². The molecule has 0 radical (unpaired) electrons. The van der Waals surface area contributed by atoms with Crippen LogP contribution in [-0.4, -0.2) is 54.1 Å². The van der Waals surface area contributed by atoms with Crippen LogP contribution in [0.25, 0.3) is 0 Å². The van der Waals surface area contributed by atoms with Crippen LogP contribution in [0.2, 0.25) is 0 Å². The van der Waals surface area contributed by atoms with Gasteiger partial charge in [0.15, 0.2) is 0 Å². The standard InChI is InChI=1S/C15H24N4O2/c1-12(11-19-8-4-3-5-9-19)10-17-13-6-7-16-14(18-13)15(20)21-2/h6-7,12H,3-5,8-11H2,1-2H3,(H,16,17,18). The summed E-state index contributed by atoms with van der Waals surface area (Å²) in [6.07, 6.45) is 5.56. The van der Waals surface area contributed by atoms with Gasteiger partial charge in [-0.15, -0.1) is 0 Å². The molecule has 0 amide bonds. The Kier molecular flexibility index (Phi) is 5.92. The summed E-state index contributed by atoms with van der Waals surface area (Å²) in [6.45, 7) is 6.58. The Morgan fingerprint density at radius 2 is 2.19 bits per heavy atom. The molecule has 1 aromatic heterocycles. The normalized spacial score (nSPS) is 17.2. The molecule has 2 heterocycles. The molecule has 1 atom stereocenters. The Morgan fingerprint density at radius 3 is 2.90 bits per heavy atom. The third kappa shape index (κ3) is 4.97. The molecule has 0 saturated carbocycles. The number of ether oxygens (including phenoxy) is 1. The lowest BCUT2D eigenvalue weighted by Gasteiger charge is -2.29. The van der Waals surface area contributed by atoms with Crippen LogP contribution >= 0.6 is 0 Å². The first-order chi connectivity index (χ1) is 10.2. The van der Waals surface area contributed by atoms with Gasteiger partial charge in [0.25, 0.3) is 0 Å². The number of likely N-dealkylation sites (tertiary alicyclic amines) is 1. The summed E-state index contributed by atoms with van der Waals surface area (Å²) in [4.78, 5) is 22.0. The molecule has 116 valence electrons. The van der Waals surface area contributed by atoms with Crippen LogP contribution in [0.3, 0.4) is 0 Å². The maximum atomic E-state index is 11.4. The summed E-state index contributed by atoms with van der Waals surface area (Å²) in [5, 5.41) is 3.27. The topological polar surface area (TPSA) is 67.3 Å². The van der Waals surface area contributed by atoms with Crippen LogP contribution < -0.4 is 5.32 Å². The Balaban J connectivity index is 1.80. The Hall–Kier alpha value is -1.69. The molecule has 2 rings (SSSR count). The fraction of sp³-hybridized carbons (Fsp3) is 0.667. The molecule has 0 aromatic carbocycles. The Bertz CT molecular complexity index is 461. The molecule has 1 aliphatic rings. The van der Waals surface area contributed by atoms with Gasteiger partial charge in [0.1, 0.15) is 5.82 Å². The molecule has 21 heavy (non-hydrogen) atoms. The zero-order valence-corrected chi connectivity index (χ0v) is 12.8. The number of carbonyl (C=O) groups excluding carboxylic acids is 1. The predicted octanol–water partition coefficient (Wildman–Crippen LogP) is 1.80. The zero-order chi connectivity index (χ0) is 15.1. The molecule has 0 bridgehead atoms. The van der Waals surface area contributed by atoms with Gasteiger partial charge in [-0.2, -0.15) is 0 Å². The Labute approximate surface area is 125 Å². The van der Waals surface area contributed by atoms with Gasteiger partial charge in [-0.1, -0.05) is 13.3 Å². The van der Waals surface area contributed by atoms with Crippen LogP contribution in [0.1, 0.15) is 36.8 Å². The maximum Gasteiger partial charge on any atom is 0.376 e. The second-order valence-corrected chi connectivity index (χ2v) is 5.60. The van der Waals surface area contributed by atoms with Crippen molar-refractivity contribution < 1.29 is 9.53 Å². The molecule has 1 saturated heterocycles. The fourth-order valence-electron chi connectivity index (χ4n) is 2.57. The zero-order valence-electron chi connectivity index (χ0n) is 12.8. The number of anilines is 1. The summed E-state index contributed by atoms with van der Waals surface area (Å²) in [7, 11) is 1.33. The van der Waals surface area contributed by atoms with Crippen molar-refractivity contribution >= 4 is 11.8 Å². The van der Waals surface area contributed by atoms with E-state index in [1.165, 1.54) is 39.5 Å². The van der Waals surface area contributed by atoms with E-state index in [4.69, 9.17) is 0 Å². The van der Waals surface area contributed by atoms with Crippen molar-refractivity contribution in [2.75, 3.05) is 38.6 Å². The van der Waals surface area contributed by atoms with Gasteiger partial charge in [0.05, 0.1) is 7.11 Å². The van der Waals surface area contributed by atoms with Gasteiger partial charge in [-0.3, -0.25) is 0 Å². The summed E-state index contributed by atoms with van der Waals surface area (Å²) in [5.74, 6) is 0.765. The SMILES string of the molecule is COC(=O)c1nccc(NCC(C)CN2CCCCC2)n1. The average Bonchev–Trinajstić information content (AvgIpc) is 2.53. The number of methoxy groups -OCH3 is 1. The van der Waals surface area contributed by atoms with E-state index in [0.29, 0.717) is 11.7 Å². The first-order valence-electron chi connectivity index (χ1n) is 7.56. The van der Waals surface area contributed by atoms with Crippen LogP contribution in [0.5, 0.6) is 0 Å². The Morgan fingerprint density at radius 1 is 1.43 bits per heavy atom. The summed E-state index contributed by atoms with van der Waals surface area (Å²) < 4.78 is 4.62. The molecule has 0 aliphatic carbocycles. The molecular weight excluding hydrogens is 268 g/mol. The second-order valence-electron chi connectivity index (χ2n) is 5.60. The second kappa shape index (κ2) is 7.93. The summed E-state index contributed by atoms with van der Waals surface area (Å²) in [5.41, 5.74) is 0. The van der Waals surface area contributed by atoms with E-state index < -0.39 is 5.97 Å². The highest BCUT2D eigenvalue weighted by Crippen LogP contribution is 2.11. The quantitative estimate of drug-likeness (QED) is 0.806. The average molecular weight is 292 g/mol. The lowest BCUT2D eigenvalue weighted by atomic mass is 10.1. The third-order valence-corrected chi connectivity index (χ3v) is 3.67. The van der Waals surface area contributed by atoms with Gasteiger partial charge >= 0.3 is 5.97 Å². The highest BCUT2D eigenvalue weighted by molar-refractivity contribution is 5.85. The third-order valence-electron chi connectivity index (χ3n) is 3.67. The highest BCUT2D eigenvalue weighted by Gasteiger charge is 2.14. The molecule has 1 aliphatic heterocycles. The lowest BCUT2D eigenvalue weighted by molar-refractivity contribution is 0.0587. The van der Waals surface area contributed by atoms with Crippen molar-refractivity contribution in [3.63, 3.8) is 0 Å². The minimum Gasteiger partial charge on any atom is -0.463 e. The molecule has 0 spiro atoms. The molecule has 1 aromatic rings. The van der Waals surface area contributed by atoms with Crippen molar-refractivity contribution in [3.8, 4) is 0 Å². The number of rotatable bonds is 6. The summed E-state index contributed by atoms with van der Waals surface area (Å²) in [6, 6.07) is 1.76. The number of esters is 1. The van der Waals surface area contributed by atoms with E-state index in [-0.39, 0.29) is 5.82 Å². The predicted molar refractivity (Wildman–Crippen MR) is 81.3 cm³/mol. The largest absolute Gasteiger partial charge is 0.463 e. The van der Waals surface area contributed by atoms with Gasteiger partial charge < -0.3 is 15.0 Å². The van der Waals surface area contributed by atoms with E-state index in [9.17, 15) is 4.79 Å². The smallest absolute Gasteiger partial charge is 0.376 e.